The number of ether oxygens (including phenoxy) is 1. The highest BCUT2D eigenvalue weighted by atomic mass is 16.5. The molecule has 3 aromatic rings. The van der Waals surface area contributed by atoms with Gasteiger partial charge < -0.3 is 9.30 Å². The molecule has 0 radical (unpaired) electrons. The van der Waals surface area contributed by atoms with E-state index in [-0.39, 0.29) is 5.91 Å². The molecule has 0 saturated heterocycles. The van der Waals surface area contributed by atoms with Gasteiger partial charge in [-0.3, -0.25) is 4.79 Å². The number of amides is 1. The van der Waals surface area contributed by atoms with Crippen LogP contribution in [0.5, 0.6) is 0 Å². The van der Waals surface area contributed by atoms with Gasteiger partial charge in [0.2, 0.25) is 0 Å². The second-order valence-corrected chi connectivity index (χ2v) is 7.21. The van der Waals surface area contributed by atoms with E-state index in [0.717, 1.165) is 28.2 Å². The average Bonchev–Trinajstić information content (AvgIpc) is 2.97. The van der Waals surface area contributed by atoms with Gasteiger partial charge in [-0.2, -0.15) is 5.10 Å². The molecule has 0 saturated carbocycles. The highest BCUT2D eigenvalue weighted by Gasteiger charge is 2.19. The Bertz CT molecular complexity index is 1040. The molecule has 0 spiro atoms. The van der Waals surface area contributed by atoms with Gasteiger partial charge in [0.15, 0.2) is 6.10 Å². The number of carbonyl (C=O) groups is 1. The summed E-state index contributed by atoms with van der Waals surface area (Å²) in [5.41, 5.74) is 10.1. The standard InChI is InChI=1S/C24H27N3O2/c1-16-11-12-22(17(2)13-16)27-18(3)14-21(19(27)4)15-25-26-24(28)23(29-5)20-9-7-6-8-10-20/h6-15,23H,1-5H3,(H,26,28)/b25-15-/t23-/m1/s1. The van der Waals surface area contributed by atoms with Gasteiger partial charge in [-0.25, -0.2) is 5.43 Å². The minimum Gasteiger partial charge on any atom is -0.367 e. The van der Waals surface area contributed by atoms with Gasteiger partial charge in [0.05, 0.1) is 6.21 Å². The van der Waals surface area contributed by atoms with Crippen molar-refractivity contribution < 1.29 is 9.53 Å². The minimum atomic E-state index is -0.698. The fourth-order valence-corrected chi connectivity index (χ4v) is 3.59. The van der Waals surface area contributed by atoms with Crippen LogP contribution in [0.4, 0.5) is 0 Å². The van der Waals surface area contributed by atoms with Crippen LogP contribution in [0.25, 0.3) is 5.69 Å². The third-order valence-electron chi connectivity index (χ3n) is 5.02. The zero-order chi connectivity index (χ0) is 21.0. The molecule has 0 aliphatic carbocycles. The van der Waals surface area contributed by atoms with Gasteiger partial charge in [0.1, 0.15) is 0 Å². The maximum absolute atomic E-state index is 12.5. The first-order chi connectivity index (χ1) is 13.9. The van der Waals surface area contributed by atoms with E-state index in [9.17, 15) is 4.79 Å². The Morgan fingerprint density at radius 3 is 2.45 bits per heavy atom. The van der Waals surface area contributed by atoms with E-state index in [0.29, 0.717) is 0 Å². The molecule has 1 atom stereocenters. The lowest BCUT2D eigenvalue weighted by Gasteiger charge is -2.14. The maximum Gasteiger partial charge on any atom is 0.273 e. The number of benzene rings is 2. The Morgan fingerprint density at radius 2 is 1.79 bits per heavy atom. The average molecular weight is 389 g/mol. The summed E-state index contributed by atoms with van der Waals surface area (Å²) in [6.45, 7) is 8.33. The van der Waals surface area contributed by atoms with Crippen LogP contribution in [0.15, 0.2) is 59.7 Å². The normalized spacial score (nSPS) is 12.3. The number of hydrogen-bond acceptors (Lipinski definition) is 3. The highest BCUT2D eigenvalue weighted by Crippen LogP contribution is 2.23. The van der Waals surface area contributed by atoms with E-state index in [4.69, 9.17) is 4.74 Å². The predicted octanol–water partition coefficient (Wildman–Crippen LogP) is 4.55. The van der Waals surface area contributed by atoms with Crippen LogP contribution < -0.4 is 5.43 Å². The lowest BCUT2D eigenvalue weighted by atomic mass is 10.1. The van der Waals surface area contributed by atoms with E-state index in [1.807, 2.05) is 30.3 Å². The number of methoxy groups -OCH3 is 1. The van der Waals surface area contributed by atoms with E-state index < -0.39 is 6.10 Å². The number of aryl methyl sites for hydroxylation is 3. The van der Waals surface area contributed by atoms with Gasteiger partial charge >= 0.3 is 0 Å². The summed E-state index contributed by atoms with van der Waals surface area (Å²) in [7, 11) is 1.51. The molecule has 5 heteroatoms. The van der Waals surface area contributed by atoms with Crippen molar-refractivity contribution in [3.8, 4) is 5.69 Å². The molecule has 0 aliphatic heterocycles. The lowest BCUT2D eigenvalue weighted by molar-refractivity contribution is -0.131. The zero-order valence-electron chi connectivity index (χ0n) is 17.6. The molecular formula is C24H27N3O2. The fourth-order valence-electron chi connectivity index (χ4n) is 3.59. The summed E-state index contributed by atoms with van der Waals surface area (Å²) in [5.74, 6) is -0.307. The summed E-state index contributed by atoms with van der Waals surface area (Å²) in [5, 5.41) is 4.16. The summed E-state index contributed by atoms with van der Waals surface area (Å²) < 4.78 is 7.55. The zero-order valence-corrected chi connectivity index (χ0v) is 17.6. The van der Waals surface area contributed by atoms with Crippen molar-refractivity contribution in [3.05, 3.63) is 88.2 Å². The molecule has 0 fully saturated rings. The third kappa shape index (κ3) is 4.46. The van der Waals surface area contributed by atoms with Gasteiger partial charge in [0.25, 0.3) is 5.91 Å². The Kier molecular flexibility index (Phi) is 6.29. The van der Waals surface area contributed by atoms with Crippen LogP contribution in [0.1, 0.15) is 39.7 Å². The molecule has 1 N–H and O–H groups in total. The molecule has 2 aromatic carbocycles. The van der Waals surface area contributed by atoms with E-state index in [1.54, 1.807) is 6.21 Å². The molecule has 150 valence electrons. The van der Waals surface area contributed by atoms with Crippen LogP contribution in [-0.4, -0.2) is 23.8 Å². The fraction of sp³-hybridized carbons (Fsp3) is 0.250. The monoisotopic (exact) mass is 389 g/mol. The number of rotatable bonds is 6. The SMILES string of the molecule is CO[C@@H](C(=O)N/N=C\c1cc(C)n(-c2ccc(C)cc2C)c1C)c1ccccc1. The maximum atomic E-state index is 12.5. The van der Waals surface area contributed by atoms with Gasteiger partial charge in [-0.05, 0) is 51.0 Å². The molecule has 29 heavy (non-hydrogen) atoms. The minimum absolute atomic E-state index is 0.307. The first-order valence-corrected chi connectivity index (χ1v) is 9.59. The van der Waals surface area contributed by atoms with E-state index >= 15 is 0 Å². The number of hydrazone groups is 1. The summed E-state index contributed by atoms with van der Waals surface area (Å²) in [4.78, 5) is 12.5. The third-order valence-corrected chi connectivity index (χ3v) is 5.02. The second-order valence-electron chi connectivity index (χ2n) is 7.21. The quantitative estimate of drug-likeness (QED) is 0.497. The highest BCUT2D eigenvalue weighted by molar-refractivity contribution is 5.86. The van der Waals surface area contributed by atoms with Crippen molar-refractivity contribution in [2.24, 2.45) is 5.10 Å². The van der Waals surface area contributed by atoms with Crippen molar-refractivity contribution in [1.82, 2.24) is 9.99 Å². The molecule has 0 unspecified atom stereocenters. The van der Waals surface area contributed by atoms with Crippen LogP contribution in [0.2, 0.25) is 0 Å². The van der Waals surface area contributed by atoms with E-state index in [2.05, 4.69) is 67.1 Å². The van der Waals surface area contributed by atoms with Crippen LogP contribution in [-0.2, 0) is 9.53 Å². The Hall–Kier alpha value is -3.18. The molecule has 1 aromatic heterocycles. The van der Waals surface area contributed by atoms with Crippen molar-refractivity contribution >= 4 is 12.1 Å². The molecule has 1 heterocycles. The van der Waals surface area contributed by atoms with Crippen molar-refractivity contribution in [2.75, 3.05) is 7.11 Å². The number of aromatic nitrogens is 1. The predicted molar refractivity (Wildman–Crippen MR) is 117 cm³/mol. The lowest BCUT2D eigenvalue weighted by Crippen LogP contribution is -2.26. The molecular weight excluding hydrogens is 362 g/mol. The van der Waals surface area contributed by atoms with Crippen LogP contribution in [0, 0.1) is 27.7 Å². The Labute approximate surface area is 172 Å². The number of nitrogens with zero attached hydrogens (tertiary/aromatic N) is 2. The second kappa shape index (κ2) is 8.88. The number of carbonyl (C=O) groups excluding carboxylic acids is 1. The topological polar surface area (TPSA) is 55.6 Å². The smallest absolute Gasteiger partial charge is 0.273 e. The molecule has 0 bridgehead atoms. The molecule has 5 nitrogen and oxygen atoms in total. The summed E-state index contributed by atoms with van der Waals surface area (Å²) >= 11 is 0. The number of hydrogen-bond donors (Lipinski definition) is 1. The molecule has 0 aliphatic rings. The summed E-state index contributed by atoms with van der Waals surface area (Å²) in [6, 6.07) is 17.9. The largest absolute Gasteiger partial charge is 0.367 e. The van der Waals surface area contributed by atoms with Gasteiger partial charge in [-0.1, -0.05) is 48.0 Å². The van der Waals surface area contributed by atoms with Gasteiger partial charge in [0, 0.05) is 29.7 Å². The first kappa shape index (κ1) is 20.6. The van der Waals surface area contributed by atoms with Crippen molar-refractivity contribution in [1.29, 1.82) is 0 Å². The molecule has 3 rings (SSSR count). The first-order valence-electron chi connectivity index (χ1n) is 9.59. The summed E-state index contributed by atoms with van der Waals surface area (Å²) in [6.07, 6.45) is 0.980. The van der Waals surface area contributed by atoms with Crippen molar-refractivity contribution in [3.63, 3.8) is 0 Å². The van der Waals surface area contributed by atoms with Crippen LogP contribution in [0.3, 0.4) is 0 Å². The number of nitrogens with one attached hydrogen (secondary N) is 1. The van der Waals surface area contributed by atoms with Crippen molar-refractivity contribution in [2.45, 2.75) is 33.8 Å². The Balaban J connectivity index is 1.79. The van der Waals surface area contributed by atoms with Gasteiger partial charge in [-0.15, -0.1) is 0 Å². The Morgan fingerprint density at radius 1 is 1.07 bits per heavy atom. The molecule has 1 amide bonds. The van der Waals surface area contributed by atoms with E-state index in [1.165, 1.54) is 18.2 Å². The van der Waals surface area contributed by atoms with Crippen LogP contribution >= 0.6 is 0 Å².